The summed E-state index contributed by atoms with van der Waals surface area (Å²) in [5.41, 5.74) is 2.34. The van der Waals surface area contributed by atoms with Gasteiger partial charge in [0.15, 0.2) is 0 Å². The van der Waals surface area contributed by atoms with Crippen molar-refractivity contribution in [3.8, 4) is 28.4 Å². The summed E-state index contributed by atoms with van der Waals surface area (Å²) in [4.78, 5) is 7.44. The van der Waals surface area contributed by atoms with Crippen LogP contribution in [0.15, 0.2) is 59.2 Å². The molecule has 0 saturated carbocycles. The highest BCUT2D eigenvalue weighted by atomic mass is 79.9. The zero-order chi connectivity index (χ0) is 16.4. The van der Waals surface area contributed by atoms with Crippen molar-refractivity contribution in [1.82, 2.24) is 9.97 Å². The molecule has 0 aliphatic carbocycles. The van der Waals surface area contributed by atoms with E-state index in [9.17, 15) is 13.2 Å². The Bertz CT molecular complexity index is 795. The highest BCUT2D eigenvalue weighted by Crippen LogP contribution is 2.27. The van der Waals surface area contributed by atoms with E-state index in [2.05, 4.69) is 30.6 Å². The molecule has 1 heterocycles. The molecule has 0 atom stereocenters. The molecule has 7 heteroatoms. The molecule has 0 aliphatic heterocycles. The fourth-order valence-corrected chi connectivity index (χ4v) is 2.32. The first kappa shape index (κ1) is 15.6. The Morgan fingerprint density at radius 1 is 0.913 bits per heavy atom. The Balaban J connectivity index is 1.81. The van der Waals surface area contributed by atoms with E-state index < -0.39 is 6.36 Å². The van der Waals surface area contributed by atoms with Crippen LogP contribution in [0.25, 0.3) is 22.6 Å². The van der Waals surface area contributed by atoms with Gasteiger partial charge in [0.05, 0.1) is 11.9 Å². The minimum atomic E-state index is -4.69. The lowest BCUT2D eigenvalue weighted by atomic mass is 10.1. The zero-order valence-electron chi connectivity index (χ0n) is 11.6. The van der Waals surface area contributed by atoms with Crippen LogP contribution < -0.4 is 4.74 Å². The SMILES string of the molecule is FC(F)(F)Oc1ccc(-c2cnc(-c3ccc(Br)cc3)[nH]2)cc1. The molecule has 118 valence electrons. The number of hydrogen-bond acceptors (Lipinski definition) is 2. The number of ether oxygens (including phenoxy) is 1. The minimum Gasteiger partial charge on any atom is -0.406 e. The Kier molecular flexibility index (Phi) is 4.12. The van der Waals surface area contributed by atoms with Crippen molar-refractivity contribution in [2.24, 2.45) is 0 Å². The van der Waals surface area contributed by atoms with Gasteiger partial charge in [0.1, 0.15) is 11.6 Å². The number of aromatic amines is 1. The first-order chi connectivity index (χ1) is 10.9. The number of nitrogens with one attached hydrogen (secondary N) is 1. The molecule has 0 saturated heterocycles. The van der Waals surface area contributed by atoms with Crippen molar-refractivity contribution >= 4 is 15.9 Å². The van der Waals surface area contributed by atoms with Crippen molar-refractivity contribution in [2.45, 2.75) is 6.36 Å². The van der Waals surface area contributed by atoms with E-state index in [1.165, 1.54) is 12.1 Å². The standard InChI is InChI=1S/C16H10BrF3N2O/c17-12-5-1-11(2-6-12)15-21-9-14(22-15)10-3-7-13(8-4-10)23-16(18,19)20/h1-9H,(H,21,22). The average Bonchev–Trinajstić information content (AvgIpc) is 2.97. The second-order valence-corrected chi connectivity index (χ2v) is 5.64. The molecule has 3 rings (SSSR count). The Hall–Kier alpha value is -2.28. The van der Waals surface area contributed by atoms with Gasteiger partial charge in [-0.1, -0.05) is 28.1 Å². The van der Waals surface area contributed by atoms with Gasteiger partial charge in [0.25, 0.3) is 0 Å². The monoisotopic (exact) mass is 382 g/mol. The normalized spacial score (nSPS) is 11.5. The summed E-state index contributed by atoms with van der Waals surface area (Å²) in [6, 6.07) is 13.2. The van der Waals surface area contributed by atoms with Crippen molar-refractivity contribution < 1.29 is 17.9 Å². The molecule has 2 aromatic carbocycles. The summed E-state index contributed by atoms with van der Waals surface area (Å²) < 4.78 is 41.2. The van der Waals surface area contributed by atoms with E-state index in [1.54, 1.807) is 18.3 Å². The number of alkyl halides is 3. The van der Waals surface area contributed by atoms with Gasteiger partial charge in [0.2, 0.25) is 0 Å². The molecule has 3 nitrogen and oxygen atoms in total. The van der Waals surface area contributed by atoms with Gasteiger partial charge in [-0.05, 0) is 42.0 Å². The number of H-pyrrole nitrogens is 1. The molecule has 23 heavy (non-hydrogen) atoms. The molecule has 1 N–H and O–H groups in total. The fourth-order valence-electron chi connectivity index (χ4n) is 2.06. The number of benzene rings is 2. The topological polar surface area (TPSA) is 37.9 Å². The summed E-state index contributed by atoms with van der Waals surface area (Å²) in [5, 5.41) is 0. The molecule has 0 radical (unpaired) electrons. The highest BCUT2D eigenvalue weighted by Gasteiger charge is 2.30. The highest BCUT2D eigenvalue weighted by molar-refractivity contribution is 9.10. The van der Waals surface area contributed by atoms with Crippen LogP contribution in [0.3, 0.4) is 0 Å². The Morgan fingerprint density at radius 2 is 1.52 bits per heavy atom. The van der Waals surface area contributed by atoms with Crippen LogP contribution in [0.5, 0.6) is 5.75 Å². The van der Waals surface area contributed by atoms with Gasteiger partial charge in [-0.25, -0.2) is 4.98 Å². The van der Waals surface area contributed by atoms with Crippen LogP contribution >= 0.6 is 15.9 Å². The molecular weight excluding hydrogens is 373 g/mol. The number of halogens is 4. The summed E-state index contributed by atoms with van der Waals surface area (Å²) >= 11 is 3.36. The third-order valence-corrected chi connectivity index (χ3v) is 3.62. The summed E-state index contributed by atoms with van der Waals surface area (Å²) in [6.45, 7) is 0. The zero-order valence-corrected chi connectivity index (χ0v) is 13.1. The maximum atomic E-state index is 12.1. The van der Waals surface area contributed by atoms with Gasteiger partial charge in [0, 0.05) is 10.0 Å². The number of aromatic nitrogens is 2. The smallest absolute Gasteiger partial charge is 0.406 e. The Morgan fingerprint density at radius 3 is 2.13 bits per heavy atom. The van der Waals surface area contributed by atoms with Crippen molar-refractivity contribution in [1.29, 1.82) is 0 Å². The third-order valence-electron chi connectivity index (χ3n) is 3.09. The van der Waals surface area contributed by atoms with Crippen molar-refractivity contribution in [2.75, 3.05) is 0 Å². The first-order valence-corrected chi connectivity index (χ1v) is 7.37. The Labute approximate surface area is 138 Å². The quantitative estimate of drug-likeness (QED) is 0.657. The van der Waals surface area contributed by atoms with Gasteiger partial charge < -0.3 is 9.72 Å². The molecule has 0 unspecified atom stereocenters. The predicted molar refractivity (Wildman–Crippen MR) is 83.8 cm³/mol. The van der Waals surface area contributed by atoms with Crippen molar-refractivity contribution in [3.63, 3.8) is 0 Å². The minimum absolute atomic E-state index is 0.256. The van der Waals surface area contributed by atoms with Crippen LogP contribution in [0.2, 0.25) is 0 Å². The second kappa shape index (κ2) is 6.08. The van der Waals surface area contributed by atoms with Gasteiger partial charge in [-0.15, -0.1) is 13.2 Å². The lowest BCUT2D eigenvalue weighted by molar-refractivity contribution is -0.274. The largest absolute Gasteiger partial charge is 0.573 e. The van der Waals surface area contributed by atoms with Crippen LogP contribution in [0.1, 0.15) is 0 Å². The second-order valence-electron chi connectivity index (χ2n) is 4.72. The maximum Gasteiger partial charge on any atom is 0.573 e. The van der Waals surface area contributed by atoms with E-state index in [-0.39, 0.29) is 5.75 Å². The van der Waals surface area contributed by atoms with Gasteiger partial charge in [-0.2, -0.15) is 0 Å². The van der Waals surface area contributed by atoms with E-state index in [0.717, 1.165) is 15.6 Å². The molecule has 3 aromatic rings. The lowest BCUT2D eigenvalue weighted by Crippen LogP contribution is -2.16. The van der Waals surface area contributed by atoms with Crippen LogP contribution in [-0.2, 0) is 0 Å². The number of imidazole rings is 1. The van der Waals surface area contributed by atoms with E-state index >= 15 is 0 Å². The van der Waals surface area contributed by atoms with Crippen LogP contribution in [0.4, 0.5) is 13.2 Å². The van der Waals surface area contributed by atoms with E-state index in [0.29, 0.717) is 11.5 Å². The first-order valence-electron chi connectivity index (χ1n) is 6.58. The molecule has 0 spiro atoms. The van der Waals surface area contributed by atoms with Gasteiger partial charge >= 0.3 is 6.36 Å². The summed E-state index contributed by atoms with van der Waals surface area (Å²) in [7, 11) is 0. The fraction of sp³-hybridized carbons (Fsp3) is 0.0625. The van der Waals surface area contributed by atoms with E-state index in [4.69, 9.17) is 0 Å². The number of rotatable bonds is 3. The molecule has 0 fully saturated rings. The predicted octanol–water partition coefficient (Wildman–Crippen LogP) is 5.40. The number of nitrogens with zero attached hydrogens (tertiary/aromatic N) is 1. The molecule has 0 amide bonds. The molecule has 0 aliphatic rings. The summed E-state index contributed by atoms with van der Waals surface area (Å²) in [5.74, 6) is 0.428. The van der Waals surface area contributed by atoms with E-state index in [1.807, 2.05) is 24.3 Å². The van der Waals surface area contributed by atoms with Crippen molar-refractivity contribution in [3.05, 3.63) is 59.2 Å². The number of hydrogen-bond donors (Lipinski definition) is 1. The average molecular weight is 383 g/mol. The lowest BCUT2D eigenvalue weighted by Gasteiger charge is -2.08. The molecular formula is C16H10BrF3N2O. The third kappa shape index (κ3) is 3.92. The summed E-state index contributed by atoms with van der Waals surface area (Å²) in [6.07, 6.45) is -3.05. The van der Waals surface area contributed by atoms with Crippen LogP contribution in [0, 0.1) is 0 Å². The molecule has 1 aromatic heterocycles. The maximum absolute atomic E-state index is 12.1. The van der Waals surface area contributed by atoms with Crippen LogP contribution in [-0.4, -0.2) is 16.3 Å². The molecule has 0 bridgehead atoms. The van der Waals surface area contributed by atoms with Gasteiger partial charge in [-0.3, -0.25) is 0 Å².